The van der Waals surface area contributed by atoms with Gasteiger partial charge in [0.1, 0.15) is 0 Å². The second-order valence-corrected chi connectivity index (χ2v) is 13.7. The molecule has 0 spiro atoms. The van der Waals surface area contributed by atoms with Crippen molar-refractivity contribution in [3.05, 3.63) is 111 Å². The van der Waals surface area contributed by atoms with E-state index in [9.17, 15) is 14.4 Å². The molecule has 262 valence electrons. The molecular weight excluding hydrogens is 687 g/mol. The monoisotopic (exact) mass is 724 g/mol. The Balaban J connectivity index is 1.10. The summed E-state index contributed by atoms with van der Waals surface area (Å²) < 4.78 is 7.28. The number of methoxy groups -OCH3 is 1. The van der Waals surface area contributed by atoms with Crippen LogP contribution in [0.25, 0.3) is 39.0 Å². The molecule has 0 bridgehead atoms. The molecule has 51 heavy (non-hydrogen) atoms. The summed E-state index contributed by atoms with van der Waals surface area (Å²) in [4.78, 5) is 41.1. The molecule has 2 amide bonds. The molecule has 2 saturated heterocycles. The molecule has 4 N–H and O–H groups in total. The van der Waals surface area contributed by atoms with Crippen molar-refractivity contribution in [3.63, 3.8) is 0 Å². The maximum atomic E-state index is 13.3. The minimum Gasteiger partial charge on any atom is -0.481 e. The number of carbonyl (C=O) groups excluding carboxylic acids is 2. The number of amides is 2. The third-order valence-corrected chi connectivity index (χ3v) is 10.3. The Bertz CT molecular complexity index is 2190. The molecule has 2 atom stereocenters. The lowest BCUT2D eigenvalue weighted by Gasteiger charge is -2.16. The first-order valence-corrected chi connectivity index (χ1v) is 17.8. The molecule has 0 radical (unpaired) electrons. The van der Waals surface area contributed by atoms with Crippen LogP contribution in [0.15, 0.2) is 83.8 Å². The summed E-state index contributed by atoms with van der Waals surface area (Å²) in [6.45, 7) is 2.25. The predicted molar refractivity (Wildman–Crippen MR) is 200 cm³/mol. The summed E-state index contributed by atoms with van der Waals surface area (Å²) in [7, 11) is 1.59. The third kappa shape index (κ3) is 7.50. The maximum Gasteiger partial charge on any atom is 0.259 e. The molecule has 0 saturated carbocycles. The average molecular weight is 726 g/mol. The zero-order valence-corrected chi connectivity index (χ0v) is 29.6. The van der Waals surface area contributed by atoms with Gasteiger partial charge in [-0.25, -0.2) is 4.98 Å². The molecule has 5 heterocycles. The van der Waals surface area contributed by atoms with Gasteiger partial charge in [-0.2, -0.15) is 0 Å². The van der Waals surface area contributed by atoms with Crippen LogP contribution in [0.1, 0.15) is 36.8 Å². The number of nitrogens with one attached hydrogen (secondary N) is 4. The van der Waals surface area contributed by atoms with Gasteiger partial charge in [-0.3, -0.25) is 18.8 Å². The molecule has 12 heteroatoms. The van der Waals surface area contributed by atoms with Crippen molar-refractivity contribution in [2.24, 2.45) is 0 Å². The minimum atomic E-state index is -0.0981. The SMILES string of the molecule is COc1nc(-c2cccc(-c3cccc(-c4ccn5c(=O)c(CNC[C@@H]6CCC(=O)N6)ccc5c4)c3Cl)c2Cl)ccc1CNC[C@@H]1CCC(=O)N1. The number of pyridine rings is 3. The number of halogens is 2. The van der Waals surface area contributed by atoms with Crippen LogP contribution in [0.2, 0.25) is 10.0 Å². The second kappa shape index (κ2) is 15.2. The van der Waals surface area contributed by atoms with Gasteiger partial charge in [0.25, 0.3) is 5.56 Å². The smallest absolute Gasteiger partial charge is 0.259 e. The Labute approximate surface area is 305 Å². The number of benzene rings is 2. The van der Waals surface area contributed by atoms with E-state index in [0.29, 0.717) is 66.2 Å². The molecule has 3 aromatic heterocycles. The third-order valence-electron chi connectivity index (χ3n) is 9.52. The largest absolute Gasteiger partial charge is 0.481 e. The summed E-state index contributed by atoms with van der Waals surface area (Å²) in [6.07, 6.45) is 4.52. The van der Waals surface area contributed by atoms with Crippen molar-refractivity contribution in [3.8, 4) is 39.4 Å². The van der Waals surface area contributed by atoms with Crippen LogP contribution in [0.5, 0.6) is 5.88 Å². The van der Waals surface area contributed by atoms with Gasteiger partial charge in [0.15, 0.2) is 0 Å². The van der Waals surface area contributed by atoms with Crippen LogP contribution in [0, 0.1) is 0 Å². The van der Waals surface area contributed by atoms with Crippen molar-refractivity contribution < 1.29 is 14.3 Å². The normalized spacial score (nSPS) is 17.2. The summed E-state index contributed by atoms with van der Waals surface area (Å²) in [6, 6.07) is 23.3. The van der Waals surface area contributed by atoms with Gasteiger partial charge in [0.2, 0.25) is 17.7 Å². The second-order valence-electron chi connectivity index (χ2n) is 12.9. The highest BCUT2D eigenvalue weighted by Crippen LogP contribution is 2.42. The first-order valence-electron chi connectivity index (χ1n) is 17.1. The van der Waals surface area contributed by atoms with Crippen molar-refractivity contribution >= 4 is 40.5 Å². The van der Waals surface area contributed by atoms with Crippen LogP contribution < -0.4 is 31.6 Å². The van der Waals surface area contributed by atoms with E-state index in [4.69, 9.17) is 32.9 Å². The molecular formula is C39H38Cl2N6O4. The lowest BCUT2D eigenvalue weighted by molar-refractivity contribution is -0.120. The number of hydrogen-bond acceptors (Lipinski definition) is 7. The van der Waals surface area contributed by atoms with E-state index in [0.717, 1.165) is 51.7 Å². The first-order chi connectivity index (χ1) is 24.8. The number of nitrogens with zero attached hydrogens (tertiary/aromatic N) is 2. The topological polar surface area (TPSA) is 126 Å². The lowest BCUT2D eigenvalue weighted by atomic mass is 9.97. The molecule has 0 unspecified atom stereocenters. The van der Waals surface area contributed by atoms with E-state index in [1.807, 2.05) is 72.8 Å². The zero-order chi connectivity index (χ0) is 35.5. The van der Waals surface area contributed by atoms with Gasteiger partial charge in [0, 0.05) is 96.2 Å². The van der Waals surface area contributed by atoms with Gasteiger partial charge in [0.05, 0.1) is 22.8 Å². The zero-order valence-electron chi connectivity index (χ0n) is 28.1. The molecule has 2 fully saturated rings. The fourth-order valence-electron chi connectivity index (χ4n) is 6.80. The lowest BCUT2D eigenvalue weighted by Crippen LogP contribution is -2.36. The van der Waals surface area contributed by atoms with Crippen LogP contribution in [0.4, 0.5) is 0 Å². The number of rotatable bonds is 12. The fourth-order valence-corrected chi connectivity index (χ4v) is 7.46. The van der Waals surface area contributed by atoms with E-state index in [1.54, 1.807) is 17.7 Å². The van der Waals surface area contributed by atoms with Gasteiger partial charge in [-0.1, -0.05) is 71.7 Å². The molecule has 0 aliphatic carbocycles. The average Bonchev–Trinajstić information content (AvgIpc) is 3.76. The summed E-state index contributed by atoms with van der Waals surface area (Å²) >= 11 is 14.2. The predicted octanol–water partition coefficient (Wildman–Crippen LogP) is 5.75. The number of carbonyl (C=O) groups is 2. The summed E-state index contributed by atoms with van der Waals surface area (Å²) in [5.74, 6) is 0.663. The number of aromatic nitrogens is 2. The van der Waals surface area contributed by atoms with Crippen LogP contribution in [0.3, 0.4) is 0 Å². The maximum absolute atomic E-state index is 13.3. The van der Waals surface area contributed by atoms with Crippen LogP contribution >= 0.6 is 23.2 Å². The van der Waals surface area contributed by atoms with Gasteiger partial charge >= 0.3 is 0 Å². The molecule has 2 aliphatic rings. The Morgan fingerprint density at radius 3 is 1.98 bits per heavy atom. The Morgan fingerprint density at radius 1 is 0.765 bits per heavy atom. The highest BCUT2D eigenvalue weighted by molar-refractivity contribution is 6.39. The molecule has 2 aromatic carbocycles. The first kappa shape index (κ1) is 34.7. The Kier molecular flexibility index (Phi) is 10.4. The van der Waals surface area contributed by atoms with E-state index in [2.05, 4.69) is 21.3 Å². The number of hydrogen-bond donors (Lipinski definition) is 4. The number of ether oxygens (including phenoxy) is 1. The Morgan fingerprint density at radius 2 is 1.35 bits per heavy atom. The van der Waals surface area contributed by atoms with Gasteiger partial charge in [-0.05, 0) is 42.7 Å². The minimum absolute atomic E-state index is 0.0731. The molecule has 7 rings (SSSR count). The van der Waals surface area contributed by atoms with Crippen molar-refractivity contribution in [1.82, 2.24) is 30.7 Å². The van der Waals surface area contributed by atoms with E-state index < -0.39 is 0 Å². The fraction of sp³-hybridized carbons (Fsp3) is 0.282. The van der Waals surface area contributed by atoms with Crippen LogP contribution in [-0.4, -0.2) is 53.5 Å². The van der Waals surface area contributed by atoms with Crippen LogP contribution in [-0.2, 0) is 22.7 Å². The molecule has 5 aromatic rings. The quantitative estimate of drug-likeness (QED) is 0.129. The molecule has 10 nitrogen and oxygen atoms in total. The Hall–Kier alpha value is -4.74. The number of fused-ring (bicyclic) bond motifs is 1. The summed E-state index contributed by atoms with van der Waals surface area (Å²) in [5.41, 5.74) is 6.80. The van der Waals surface area contributed by atoms with Gasteiger partial charge in [-0.15, -0.1) is 0 Å². The van der Waals surface area contributed by atoms with Crippen molar-refractivity contribution in [2.75, 3.05) is 20.2 Å². The van der Waals surface area contributed by atoms with Crippen molar-refractivity contribution in [2.45, 2.75) is 50.9 Å². The molecule has 2 aliphatic heterocycles. The van der Waals surface area contributed by atoms with E-state index in [1.165, 1.54) is 0 Å². The summed E-state index contributed by atoms with van der Waals surface area (Å²) in [5, 5.41) is 13.6. The highest BCUT2D eigenvalue weighted by Gasteiger charge is 2.22. The van der Waals surface area contributed by atoms with Crippen molar-refractivity contribution in [1.29, 1.82) is 0 Å². The van der Waals surface area contributed by atoms with Gasteiger partial charge < -0.3 is 26.0 Å². The highest BCUT2D eigenvalue weighted by atomic mass is 35.5. The van der Waals surface area contributed by atoms with E-state index >= 15 is 0 Å². The standard InChI is InChI=1S/C39H38Cl2N6O4/c1-51-38-24(19-42-21-26-10-14-34(48)44-26)9-13-33(46-38)32-7-3-6-31(37(32)41)30-5-2-4-29(36(30)40)23-16-17-47-28(18-23)12-8-25(39(47)50)20-43-22-27-11-15-35(49)45-27/h2-9,12-13,16-18,26-27,42-43H,10-11,14-15,19-22H2,1H3,(H,44,48)(H,45,49)/t26-,27-/m0/s1. The van der Waals surface area contributed by atoms with E-state index in [-0.39, 0.29) is 29.5 Å².